The molecule has 0 saturated heterocycles. The third-order valence-corrected chi connectivity index (χ3v) is 11.5. The number of phenols is 1. The van der Waals surface area contributed by atoms with E-state index in [1.54, 1.807) is 6.07 Å². The zero-order valence-corrected chi connectivity index (χ0v) is 40.5. The largest absolute Gasteiger partial charge is 0.507 e. The topological polar surface area (TPSA) is 50.9 Å². The number of phenolic OH excluding ortho intramolecular Hbond substituents is 1. The van der Waals surface area contributed by atoms with E-state index in [0.29, 0.717) is 45.0 Å². The van der Waals surface area contributed by atoms with Crippen LogP contribution in [0.3, 0.4) is 0 Å². The molecule has 0 atom stereocenters. The molecule has 0 saturated carbocycles. The van der Waals surface area contributed by atoms with E-state index in [1.165, 1.54) is 0 Å². The Morgan fingerprint density at radius 2 is 1.42 bits per heavy atom. The molecule has 8 aromatic rings. The van der Waals surface area contributed by atoms with E-state index in [-0.39, 0.29) is 49.9 Å². The van der Waals surface area contributed by atoms with Gasteiger partial charge in [0.05, 0.1) is 31.9 Å². The molecular formula is C60H64N3OPt-. The number of pyridine rings is 1. The van der Waals surface area contributed by atoms with Gasteiger partial charge in [0.2, 0.25) is 0 Å². The van der Waals surface area contributed by atoms with Gasteiger partial charge in [0.15, 0.2) is 0 Å². The number of nitrogens with zero attached hydrogens (tertiary/aromatic N) is 3. The second-order valence-electron chi connectivity index (χ2n) is 18.7. The van der Waals surface area contributed by atoms with Gasteiger partial charge in [-0.15, -0.1) is 29.3 Å². The third kappa shape index (κ3) is 9.85. The van der Waals surface area contributed by atoms with E-state index in [4.69, 9.17) is 22.8 Å². The van der Waals surface area contributed by atoms with Crippen molar-refractivity contribution in [2.24, 2.45) is 5.92 Å². The average molecular weight is 1050 g/mol. The van der Waals surface area contributed by atoms with Crippen molar-refractivity contribution in [2.75, 3.05) is 0 Å². The fourth-order valence-corrected chi connectivity index (χ4v) is 8.06. The van der Waals surface area contributed by atoms with Gasteiger partial charge in [0.1, 0.15) is 11.6 Å². The molecule has 0 radical (unpaired) electrons. The number of fused-ring (bicyclic) bond motifs is 1. The van der Waals surface area contributed by atoms with Gasteiger partial charge in [-0.1, -0.05) is 179 Å². The molecule has 2 aromatic heterocycles. The van der Waals surface area contributed by atoms with Gasteiger partial charge in [0.25, 0.3) is 0 Å². The van der Waals surface area contributed by atoms with Crippen molar-refractivity contribution in [3.63, 3.8) is 0 Å². The third-order valence-electron chi connectivity index (χ3n) is 11.5. The number of hydrogen-bond acceptors (Lipinski definition) is 3. The Morgan fingerprint density at radius 1 is 0.692 bits per heavy atom. The fourth-order valence-electron chi connectivity index (χ4n) is 8.06. The van der Waals surface area contributed by atoms with Gasteiger partial charge in [-0.3, -0.25) is 9.55 Å². The van der Waals surface area contributed by atoms with E-state index >= 15 is 0 Å². The number of para-hydroxylation sites is 1. The summed E-state index contributed by atoms with van der Waals surface area (Å²) in [6, 6.07) is 27.1. The van der Waals surface area contributed by atoms with E-state index in [1.807, 2.05) is 89.2 Å². The molecule has 0 unspecified atom stereocenters. The predicted molar refractivity (Wildman–Crippen MR) is 271 cm³/mol. The molecule has 6 aromatic carbocycles. The second kappa shape index (κ2) is 18.7. The van der Waals surface area contributed by atoms with E-state index < -0.39 is 90.5 Å². The molecule has 0 bridgehead atoms. The van der Waals surface area contributed by atoms with Crippen molar-refractivity contribution in [1.82, 2.24) is 14.5 Å². The van der Waals surface area contributed by atoms with Crippen molar-refractivity contribution in [3.05, 3.63) is 167 Å². The number of hydrogen-bond donors (Lipinski definition) is 1. The number of aromatic nitrogens is 3. The van der Waals surface area contributed by atoms with E-state index in [0.717, 1.165) is 39.9 Å². The Morgan fingerprint density at radius 3 is 2.08 bits per heavy atom. The number of aromatic hydroxyl groups is 1. The standard InChI is InChI=1S/C60H64N3O.Pt/c1-37(2)29-40-21-26-54(51(30-40)42-17-14-13-15-18-42)63-55-20-16-19-49(56(55)62-58(63)52-35-44(38(3)4)34-50(39(5)6)57(52)64)45-31-46(33-48(32-45)60(10,11)12)53-36-43(27-28-61-53)41-22-24-47(25-23-41)59(7,8)9;/h13-28,30,32-39,64H,29H2,1-12H3;/q-1;/i7D3,8D3,9D3,22D,23D,24D,25D,27D,28D,36D;. The second-order valence-corrected chi connectivity index (χ2v) is 18.7. The van der Waals surface area contributed by atoms with Crippen LogP contribution in [0.15, 0.2) is 133 Å². The Labute approximate surface area is 425 Å². The number of imidazole rings is 1. The van der Waals surface area contributed by atoms with Gasteiger partial charge in [0, 0.05) is 50.8 Å². The first-order chi connectivity index (χ1) is 37.0. The summed E-state index contributed by atoms with van der Waals surface area (Å²) in [5.74, 6) is 1.01. The first-order valence-corrected chi connectivity index (χ1v) is 21.8. The maximum Gasteiger partial charge on any atom is 0.148 e. The molecule has 8 rings (SSSR count). The minimum absolute atomic E-state index is 0. The van der Waals surface area contributed by atoms with Crippen LogP contribution in [0.4, 0.5) is 0 Å². The molecule has 0 aliphatic rings. The van der Waals surface area contributed by atoms with E-state index in [9.17, 15) is 9.22 Å². The summed E-state index contributed by atoms with van der Waals surface area (Å²) in [5, 5.41) is 12.4. The zero-order valence-electron chi connectivity index (χ0n) is 54.2. The molecule has 0 amide bonds. The van der Waals surface area contributed by atoms with Gasteiger partial charge >= 0.3 is 0 Å². The maximum absolute atomic E-state index is 12.4. The zero-order chi connectivity index (χ0) is 59.3. The van der Waals surface area contributed by atoms with Crippen LogP contribution in [0, 0.1) is 12.0 Å². The molecule has 1 N–H and O–H groups in total. The van der Waals surface area contributed by atoms with Crippen LogP contribution < -0.4 is 0 Å². The van der Waals surface area contributed by atoms with Crippen LogP contribution in [0.2, 0.25) is 0 Å². The first kappa shape index (κ1) is 30.6. The summed E-state index contributed by atoms with van der Waals surface area (Å²) in [6.07, 6.45) is 0.0966. The summed E-state index contributed by atoms with van der Waals surface area (Å²) in [4.78, 5) is 9.89. The number of benzene rings is 6. The molecule has 4 nitrogen and oxygen atoms in total. The van der Waals surface area contributed by atoms with Crippen LogP contribution in [-0.2, 0) is 38.3 Å². The Kier molecular flexibility index (Phi) is 8.82. The Hall–Kier alpha value is -5.57. The SMILES string of the molecule is [2H]c1nc(-c2[c-]c(-c3cccc4c3nc(-c3cc(C(C)C)cc(C(C)C)c3O)n4-c3ccc(CC(C)C)cc3-c3ccccc3)cc(C(C)(C)C)c2)c([2H])c(-c2c([2H])c([2H])c(C(C([2H])([2H])[2H])(C([2H])([2H])[2H])C([2H])([2H])[2H])c([2H])c2[2H])c1[2H].[Pt]. The summed E-state index contributed by atoms with van der Waals surface area (Å²) < 4.78 is 141. The van der Waals surface area contributed by atoms with Crippen molar-refractivity contribution in [3.8, 4) is 67.5 Å². The van der Waals surface area contributed by atoms with Gasteiger partial charge in [-0.2, -0.15) is 0 Å². The molecule has 336 valence electrons. The molecule has 0 aliphatic carbocycles. The minimum Gasteiger partial charge on any atom is -0.507 e. The van der Waals surface area contributed by atoms with Crippen LogP contribution in [0.1, 0.15) is 144 Å². The molecule has 65 heavy (non-hydrogen) atoms. The summed E-state index contributed by atoms with van der Waals surface area (Å²) in [6.45, 7) is 6.77. The average Bonchev–Trinajstić information content (AvgIpc) is 2.90. The fraction of sp³-hybridized carbons (Fsp3) is 0.300. The first-order valence-electron chi connectivity index (χ1n) is 29.8. The predicted octanol–water partition coefficient (Wildman–Crippen LogP) is 16.3. The minimum atomic E-state index is -3.92. The van der Waals surface area contributed by atoms with Gasteiger partial charge in [-0.25, -0.2) is 4.98 Å². The molecule has 0 aliphatic heterocycles. The summed E-state index contributed by atoms with van der Waals surface area (Å²) in [5.41, 5.74) is 1.75. The molecule has 0 spiro atoms. The summed E-state index contributed by atoms with van der Waals surface area (Å²) in [7, 11) is 0. The molecule has 2 heterocycles. The molecular weight excluding hydrogens is 974 g/mol. The smallest absolute Gasteiger partial charge is 0.148 e. The Balaban J connectivity index is 0.00000946. The summed E-state index contributed by atoms with van der Waals surface area (Å²) >= 11 is 0. The quantitative estimate of drug-likeness (QED) is 0.139. The number of rotatable bonds is 10. The van der Waals surface area contributed by atoms with Crippen LogP contribution in [-0.4, -0.2) is 19.6 Å². The van der Waals surface area contributed by atoms with Crippen LogP contribution in [0.25, 0.3) is 72.7 Å². The van der Waals surface area contributed by atoms with Crippen LogP contribution in [0.5, 0.6) is 5.75 Å². The maximum atomic E-state index is 12.4. The van der Waals surface area contributed by atoms with Crippen molar-refractivity contribution in [1.29, 1.82) is 0 Å². The van der Waals surface area contributed by atoms with Crippen molar-refractivity contribution < 1.29 is 48.1 Å². The Bertz CT molecular complexity index is 3660. The molecule has 0 fully saturated rings. The normalized spacial score (nSPS) is 16.2. The molecule has 5 heteroatoms. The van der Waals surface area contributed by atoms with Gasteiger partial charge in [-0.05, 0) is 104 Å². The monoisotopic (exact) mass is 1050 g/mol. The van der Waals surface area contributed by atoms with Gasteiger partial charge < -0.3 is 5.11 Å². The van der Waals surface area contributed by atoms with Crippen LogP contribution >= 0.6 is 0 Å². The van der Waals surface area contributed by atoms with Crippen molar-refractivity contribution in [2.45, 2.75) is 112 Å². The van der Waals surface area contributed by atoms with E-state index in [2.05, 4.69) is 73.6 Å². The van der Waals surface area contributed by atoms with Crippen molar-refractivity contribution >= 4 is 11.0 Å².